The molecule has 1 aromatic carbocycles. The molecule has 25 heavy (non-hydrogen) atoms. The van der Waals surface area contributed by atoms with Crippen molar-refractivity contribution in [3.63, 3.8) is 0 Å². The van der Waals surface area contributed by atoms with Crippen LogP contribution in [0.2, 0.25) is 0 Å². The van der Waals surface area contributed by atoms with Gasteiger partial charge in [-0.2, -0.15) is 0 Å². The number of fused-ring (bicyclic) bond motifs is 1. The predicted octanol–water partition coefficient (Wildman–Crippen LogP) is 2.90. The Morgan fingerprint density at radius 2 is 2.20 bits per heavy atom. The van der Waals surface area contributed by atoms with E-state index in [9.17, 15) is 13.5 Å². The molecule has 1 aromatic heterocycles. The molecule has 7 nitrogen and oxygen atoms in total. The van der Waals surface area contributed by atoms with Gasteiger partial charge in [0.15, 0.2) is 15.5 Å². The van der Waals surface area contributed by atoms with E-state index in [2.05, 4.69) is 15.5 Å². The first-order valence-corrected chi connectivity index (χ1v) is 10.4. The zero-order chi connectivity index (χ0) is 18.0. The maximum Gasteiger partial charge on any atom is 0.220 e. The lowest BCUT2D eigenvalue weighted by Gasteiger charge is -2.08. The molecule has 0 amide bonds. The molecular weight excluding hydrogens is 360 g/mol. The summed E-state index contributed by atoms with van der Waals surface area (Å²) in [5, 5.41) is 22.4. The quantitative estimate of drug-likeness (QED) is 0.628. The Bertz CT molecular complexity index is 934. The Balaban J connectivity index is 1.81. The summed E-state index contributed by atoms with van der Waals surface area (Å²) >= 11 is 5.13. The van der Waals surface area contributed by atoms with Crippen LogP contribution < -0.4 is 5.32 Å². The molecule has 0 aliphatic carbocycles. The van der Waals surface area contributed by atoms with E-state index in [-0.39, 0.29) is 28.5 Å². The van der Waals surface area contributed by atoms with Crippen LogP contribution in [0.25, 0.3) is 10.9 Å². The van der Waals surface area contributed by atoms with Crippen molar-refractivity contribution in [2.45, 2.75) is 32.4 Å². The van der Waals surface area contributed by atoms with Crippen LogP contribution >= 0.6 is 12.2 Å². The molecule has 0 spiro atoms. The van der Waals surface area contributed by atoms with Crippen LogP contribution in [0.1, 0.15) is 19.8 Å². The molecule has 0 saturated carbocycles. The van der Waals surface area contributed by atoms with E-state index in [1.54, 1.807) is 4.57 Å². The van der Waals surface area contributed by atoms with Gasteiger partial charge in [-0.05, 0) is 31.1 Å². The number of nitrogens with zero attached hydrogens (tertiary/aromatic N) is 3. The van der Waals surface area contributed by atoms with E-state index < -0.39 is 9.84 Å². The zero-order valence-electron chi connectivity index (χ0n) is 13.8. The molecule has 1 atom stereocenters. The molecule has 3 rings (SSSR count). The van der Waals surface area contributed by atoms with Crippen molar-refractivity contribution < 1.29 is 13.5 Å². The minimum absolute atomic E-state index is 0.0537. The Hall–Kier alpha value is -2.00. The monoisotopic (exact) mass is 380 g/mol. The van der Waals surface area contributed by atoms with Gasteiger partial charge >= 0.3 is 0 Å². The van der Waals surface area contributed by atoms with Gasteiger partial charge in [-0.3, -0.25) is 0 Å². The molecular formula is C16H20N4O3S2. The first kappa shape index (κ1) is 17.8. The molecule has 2 aromatic rings. The lowest BCUT2D eigenvalue weighted by molar-refractivity contribution is 0.421. The van der Waals surface area contributed by atoms with Crippen molar-refractivity contribution in [3.05, 3.63) is 24.3 Å². The van der Waals surface area contributed by atoms with Crippen LogP contribution in [0.3, 0.4) is 0 Å². The number of benzene rings is 1. The second-order valence-electron chi connectivity index (χ2n) is 6.09. The number of hydrogen-bond acceptors (Lipinski definition) is 5. The zero-order valence-corrected chi connectivity index (χ0v) is 15.5. The maximum atomic E-state index is 11.5. The van der Waals surface area contributed by atoms with Gasteiger partial charge in [0.2, 0.25) is 11.0 Å². The SMILES string of the molecule is CCCn1c(O)c(N=NC(=S)N[C@@H]2CCS(=O)(=O)C2)c2ccccc21. The van der Waals surface area contributed by atoms with Crippen LogP contribution in [0, 0.1) is 0 Å². The summed E-state index contributed by atoms with van der Waals surface area (Å²) < 4.78 is 24.8. The van der Waals surface area contributed by atoms with E-state index in [0.717, 1.165) is 17.3 Å². The van der Waals surface area contributed by atoms with Crippen molar-refractivity contribution in [1.82, 2.24) is 9.88 Å². The fraction of sp³-hybridized carbons (Fsp3) is 0.438. The Morgan fingerprint density at radius 1 is 1.44 bits per heavy atom. The van der Waals surface area contributed by atoms with Crippen LogP contribution in [-0.2, 0) is 16.4 Å². The highest BCUT2D eigenvalue weighted by Gasteiger charge is 2.28. The van der Waals surface area contributed by atoms with Gasteiger partial charge in [-0.15, -0.1) is 10.2 Å². The van der Waals surface area contributed by atoms with Crippen molar-refractivity contribution in [1.29, 1.82) is 0 Å². The molecule has 2 N–H and O–H groups in total. The van der Waals surface area contributed by atoms with Crippen LogP contribution in [0.4, 0.5) is 5.69 Å². The number of aromatic hydroxyl groups is 1. The molecule has 9 heteroatoms. The average molecular weight is 380 g/mol. The number of sulfone groups is 1. The number of aryl methyl sites for hydroxylation is 1. The molecule has 0 bridgehead atoms. The van der Waals surface area contributed by atoms with Gasteiger partial charge in [0.05, 0.1) is 17.0 Å². The van der Waals surface area contributed by atoms with Crippen LogP contribution in [0.15, 0.2) is 34.5 Å². The summed E-state index contributed by atoms with van der Waals surface area (Å²) in [6.45, 7) is 2.70. The standard InChI is InChI=1S/C16H20N4O3S2/c1-2-8-20-13-6-4-3-5-12(13)14(15(20)21)18-19-16(24)17-11-7-9-25(22,23)10-11/h3-6,11,21H,2,7-10H2,1H3,(H,17,24)/t11-/m1/s1. The first-order chi connectivity index (χ1) is 11.9. The molecule has 2 heterocycles. The highest BCUT2D eigenvalue weighted by molar-refractivity contribution is 7.91. The van der Waals surface area contributed by atoms with Gasteiger partial charge in [-0.1, -0.05) is 25.1 Å². The molecule has 1 fully saturated rings. The third-order valence-electron chi connectivity index (χ3n) is 4.17. The van der Waals surface area contributed by atoms with E-state index >= 15 is 0 Å². The van der Waals surface area contributed by atoms with Crippen LogP contribution in [0.5, 0.6) is 5.88 Å². The third-order valence-corrected chi connectivity index (χ3v) is 6.13. The van der Waals surface area contributed by atoms with Gasteiger partial charge < -0.3 is 15.0 Å². The summed E-state index contributed by atoms with van der Waals surface area (Å²) in [5.74, 6) is 0.275. The number of thiocarbonyl (C=S) groups is 1. The molecule has 0 radical (unpaired) electrons. The summed E-state index contributed by atoms with van der Waals surface area (Å²) in [6.07, 6.45) is 1.39. The van der Waals surface area contributed by atoms with E-state index in [0.29, 0.717) is 18.7 Å². The highest BCUT2D eigenvalue weighted by atomic mass is 32.2. The second kappa shape index (κ2) is 7.09. The van der Waals surface area contributed by atoms with Gasteiger partial charge in [-0.25, -0.2) is 8.42 Å². The lowest BCUT2D eigenvalue weighted by Crippen LogP contribution is -2.33. The average Bonchev–Trinajstić information content (AvgIpc) is 3.04. The molecule has 1 aliphatic heterocycles. The number of hydrogen-bond donors (Lipinski definition) is 2. The topological polar surface area (TPSA) is 96.0 Å². The largest absolute Gasteiger partial charge is 0.493 e. The smallest absolute Gasteiger partial charge is 0.220 e. The Labute approximate surface area is 151 Å². The summed E-state index contributed by atoms with van der Waals surface area (Å²) in [6, 6.07) is 7.34. The van der Waals surface area contributed by atoms with Crippen molar-refractivity contribution in [3.8, 4) is 5.88 Å². The number of para-hydroxylation sites is 1. The minimum atomic E-state index is -2.98. The van der Waals surface area contributed by atoms with Crippen molar-refractivity contribution in [2.24, 2.45) is 10.2 Å². The van der Waals surface area contributed by atoms with E-state index in [4.69, 9.17) is 12.2 Å². The highest BCUT2D eigenvalue weighted by Crippen LogP contribution is 2.38. The maximum absolute atomic E-state index is 11.5. The fourth-order valence-electron chi connectivity index (χ4n) is 3.03. The van der Waals surface area contributed by atoms with Gasteiger partial charge in [0.1, 0.15) is 0 Å². The molecule has 1 aliphatic rings. The number of rotatable bonds is 4. The van der Waals surface area contributed by atoms with Crippen molar-refractivity contribution >= 4 is 43.8 Å². The van der Waals surface area contributed by atoms with E-state index in [1.807, 2.05) is 31.2 Å². The van der Waals surface area contributed by atoms with Gasteiger partial charge in [0.25, 0.3) is 0 Å². The number of aromatic nitrogens is 1. The fourth-order valence-corrected chi connectivity index (χ4v) is 4.91. The Morgan fingerprint density at radius 3 is 2.88 bits per heavy atom. The normalized spacial score (nSPS) is 19.6. The first-order valence-electron chi connectivity index (χ1n) is 8.14. The van der Waals surface area contributed by atoms with Crippen LogP contribution in [-0.4, -0.2) is 40.8 Å². The summed E-state index contributed by atoms with van der Waals surface area (Å²) in [7, 11) is -2.98. The number of nitrogens with one attached hydrogen (secondary N) is 1. The molecule has 134 valence electrons. The van der Waals surface area contributed by atoms with E-state index in [1.165, 1.54) is 0 Å². The van der Waals surface area contributed by atoms with Gasteiger partial charge in [0, 0.05) is 18.0 Å². The minimum Gasteiger partial charge on any atom is -0.493 e. The summed E-state index contributed by atoms with van der Waals surface area (Å²) in [5.41, 5.74) is 1.25. The predicted molar refractivity (Wildman–Crippen MR) is 101 cm³/mol. The molecule has 1 saturated heterocycles. The Kier molecular flexibility index (Phi) is 5.05. The summed E-state index contributed by atoms with van der Waals surface area (Å²) in [4.78, 5) is 0. The number of azo groups is 1. The van der Waals surface area contributed by atoms with Crippen molar-refractivity contribution in [2.75, 3.05) is 11.5 Å². The lowest BCUT2D eigenvalue weighted by atomic mass is 10.2. The second-order valence-corrected chi connectivity index (χ2v) is 8.71. The molecule has 0 unspecified atom stereocenters. The third kappa shape index (κ3) is 3.82.